The standard InChI is InChI=1S/C11H12ClN5/c1-7-2-3-8(12)9(6-7)15-10-4-5-14-11(16-10)17-13/h2-6H,13H2,1H3,(H2,14,15,16,17). The lowest BCUT2D eigenvalue weighted by atomic mass is 10.2. The van der Waals surface area contributed by atoms with Crippen LogP contribution in [0, 0.1) is 6.92 Å². The number of aryl methyl sites for hydroxylation is 1. The lowest BCUT2D eigenvalue weighted by Crippen LogP contribution is -2.10. The van der Waals surface area contributed by atoms with Gasteiger partial charge in [0.1, 0.15) is 5.82 Å². The summed E-state index contributed by atoms with van der Waals surface area (Å²) in [6, 6.07) is 7.46. The van der Waals surface area contributed by atoms with E-state index in [1.165, 1.54) is 0 Å². The molecule has 17 heavy (non-hydrogen) atoms. The van der Waals surface area contributed by atoms with E-state index in [2.05, 4.69) is 20.7 Å². The van der Waals surface area contributed by atoms with Crippen molar-refractivity contribution in [2.24, 2.45) is 5.84 Å². The molecule has 0 saturated carbocycles. The van der Waals surface area contributed by atoms with Crippen molar-refractivity contribution in [3.63, 3.8) is 0 Å². The van der Waals surface area contributed by atoms with Crippen molar-refractivity contribution in [3.05, 3.63) is 41.0 Å². The summed E-state index contributed by atoms with van der Waals surface area (Å²) in [7, 11) is 0. The fourth-order valence-electron chi connectivity index (χ4n) is 1.37. The molecule has 0 amide bonds. The summed E-state index contributed by atoms with van der Waals surface area (Å²) in [5.41, 5.74) is 4.30. The molecule has 0 aliphatic carbocycles. The zero-order valence-corrected chi connectivity index (χ0v) is 9.99. The van der Waals surface area contributed by atoms with E-state index in [0.717, 1.165) is 11.3 Å². The average Bonchev–Trinajstić information content (AvgIpc) is 2.34. The summed E-state index contributed by atoms with van der Waals surface area (Å²) in [6.45, 7) is 1.99. The van der Waals surface area contributed by atoms with Crippen LogP contribution in [-0.2, 0) is 0 Å². The summed E-state index contributed by atoms with van der Waals surface area (Å²) in [6.07, 6.45) is 1.61. The molecule has 0 aliphatic rings. The van der Waals surface area contributed by atoms with Crippen molar-refractivity contribution in [3.8, 4) is 0 Å². The summed E-state index contributed by atoms with van der Waals surface area (Å²) < 4.78 is 0. The highest BCUT2D eigenvalue weighted by Gasteiger charge is 2.03. The number of hydrazine groups is 1. The minimum atomic E-state index is 0.346. The van der Waals surface area contributed by atoms with Crippen molar-refractivity contribution in [1.29, 1.82) is 0 Å². The van der Waals surface area contributed by atoms with Crippen molar-refractivity contribution in [1.82, 2.24) is 9.97 Å². The van der Waals surface area contributed by atoms with Crippen LogP contribution in [0.15, 0.2) is 30.5 Å². The van der Waals surface area contributed by atoms with E-state index in [4.69, 9.17) is 17.4 Å². The molecule has 1 heterocycles. The number of aromatic nitrogens is 2. The van der Waals surface area contributed by atoms with Crippen LogP contribution >= 0.6 is 11.6 Å². The Bertz CT molecular complexity index is 529. The van der Waals surface area contributed by atoms with Crippen molar-refractivity contribution >= 4 is 29.1 Å². The van der Waals surface area contributed by atoms with Crippen LogP contribution in [0.4, 0.5) is 17.5 Å². The van der Waals surface area contributed by atoms with E-state index in [9.17, 15) is 0 Å². The van der Waals surface area contributed by atoms with Gasteiger partial charge in [0.2, 0.25) is 5.95 Å². The summed E-state index contributed by atoms with van der Waals surface area (Å²) in [5.74, 6) is 6.21. The van der Waals surface area contributed by atoms with Gasteiger partial charge in [0.25, 0.3) is 0 Å². The van der Waals surface area contributed by atoms with Crippen LogP contribution < -0.4 is 16.6 Å². The van der Waals surface area contributed by atoms with Crippen LogP contribution in [0.3, 0.4) is 0 Å². The van der Waals surface area contributed by atoms with E-state index in [-0.39, 0.29) is 0 Å². The first-order chi connectivity index (χ1) is 8.19. The predicted molar refractivity (Wildman–Crippen MR) is 69.3 cm³/mol. The van der Waals surface area contributed by atoms with Gasteiger partial charge < -0.3 is 5.32 Å². The largest absolute Gasteiger partial charge is 0.339 e. The maximum atomic E-state index is 6.07. The lowest BCUT2D eigenvalue weighted by molar-refractivity contribution is 1.12. The monoisotopic (exact) mass is 249 g/mol. The molecule has 0 aliphatic heterocycles. The molecule has 88 valence electrons. The minimum absolute atomic E-state index is 0.346. The van der Waals surface area contributed by atoms with Crippen LogP contribution in [0.5, 0.6) is 0 Å². The van der Waals surface area contributed by atoms with Gasteiger partial charge in [-0.05, 0) is 30.7 Å². The van der Waals surface area contributed by atoms with E-state index >= 15 is 0 Å². The van der Waals surface area contributed by atoms with Gasteiger partial charge in [-0.1, -0.05) is 17.7 Å². The van der Waals surface area contributed by atoms with Gasteiger partial charge in [-0.2, -0.15) is 4.98 Å². The molecule has 4 N–H and O–H groups in total. The number of nitrogens with one attached hydrogen (secondary N) is 2. The number of nitrogens with two attached hydrogens (primary N) is 1. The number of hydrogen-bond donors (Lipinski definition) is 3. The maximum absolute atomic E-state index is 6.07. The van der Waals surface area contributed by atoms with Crippen LogP contribution in [0.2, 0.25) is 5.02 Å². The molecule has 0 bridgehead atoms. The molecule has 0 fully saturated rings. The van der Waals surface area contributed by atoms with Gasteiger partial charge in [-0.25, -0.2) is 10.8 Å². The second-order valence-electron chi connectivity index (χ2n) is 3.52. The van der Waals surface area contributed by atoms with E-state index < -0.39 is 0 Å². The minimum Gasteiger partial charge on any atom is -0.339 e. The van der Waals surface area contributed by atoms with Crippen molar-refractivity contribution in [2.75, 3.05) is 10.7 Å². The second kappa shape index (κ2) is 4.99. The van der Waals surface area contributed by atoms with Gasteiger partial charge in [-0.3, -0.25) is 5.43 Å². The molecule has 0 atom stereocenters. The molecule has 0 saturated heterocycles. The Balaban J connectivity index is 2.27. The molecule has 2 rings (SSSR count). The van der Waals surface area contributed by atoms with Gasteiger partial charge in [0.05, 0.1) is 10.7 Å². The quantitative estimate of drug-likeness (QED) is 0.576. The third kappa shape index (κ3) is 2.83. The Morgan fingerprint density at radius 1 is 1.29 bits per heavy atom. The highest BCUT2D eigenvalue weighted by Crippen LogP contribution is 2.25. The number of nitrogen functional groups attached to an aromatic ring is 1. The Morgan fingerprint density at radius 2 is 2.12 bits per heavy atom. The molecule has 6 heteroatoms. The Kier molecular flexibility index (Phi) is 3.41. The zero-order valence-electron chi connectivity index (χ0n) is 9.24. The number of anilines is 3. The number of nitrogens with zero attached hydrogens (tertiary/aromatic N) is 2. The van der Waals surface area contributed by atoms with Crippen LogP contribution in [0.25, 0.3) is 0 Å². The lowest BCUT2D eigenvalue weighted by Gasteiger charge is -2.09. The van der Waals surface area contributed by atoms with E-state index in [1.54, 1.807) is 12.3 Å². The number of halogens is 1. The maximum Gasteiger partial charge on any atom is 0.239 e. The van der Waals surface area contributed by atoms with Crippen molar-refractivity contribution < 1.29 is 0 Å². The normalized spacial score (nSPS) is 10.1. The summed E-state index contributed by atoms with van der Waals surface area (Å²) >= 11 is 6.07. The van der Waals surface area contributed by atoms with Gasteiger partial charge >= 0.3 is 0 Å². The molecule has 0 radical (unpaired) electrons. The molecule has 1 aromatic carbocycles. The molecule has 2 aromatic rings. The highest BCUT2D eigenvalue weighted by atomic mass is 35.5. The molecular weight excluding hydrogens is 238 g/mol. The first-order valence-electron chi connectivity index (χ1n) is 5.02. The van der Waals surface area contributed by atoms with E-state index in [1.807, 2.05) is 25.1 Å². The third-order valence-electron chi connectivity index (χ3n) is 2.17. The number of benzene rings is 1. The summed E-state index contributed by atoms with van der Waals surface area (Å²) in [4.78, 5) is 8.06. The summed E-state index contributed by atoms with van der Waals surface area (Å²) in [5, 5.41) is 3.74. The first kappa shape index (κ1) is 11.6. The topological polar surface area (TPSA) is 75.9 Å². The smallest absolute Gasteiger partial charge is 0.239 e. The van der Waals surface area contributed by atoms with E-state index in [0.29, 0.717) is 16.8 Å². The predicted octanol–water partition coefficient (Wildman–Crippen LogP) is 2.47. The Hall–Kier alpha value is -1.85. The van der Waals surface area contributed by atoms with Crippen molar-refractivity contribution in [2.45, 2.75) is 6.92 Å². The third-order valence-corrected chi connectivity index (χ3v) is 2.50. The molecule has 0 unspecified atom stereocenters. The zero-order chi connectivity index (χ0) is 12.3. The molecule has 5 nitrogen and oxygen atoms in total. The number of rotatable bonds is 3. The fraction of sp³-hybridized carbons (Fsp3) is 0.0909. The number of hydrogen-bond acceptors (Lipinski definition) is 5. The van der Waals surface area contributed by atoms with Gasteiger partial charge in [0.15, 0.2) is 0 Å². The molecule has 0 spiro atoms. The van der Waals surface area contributed by atoms with Gasteiger partial charge in [-0.15, -0.1) is 0 Å². The SMILES string of the molecule is Cc1ccc(Cl)c(Nc2ccnc(NN)n2)c1. The Morgan fingerprint density at radius 3 is 2.88 bits per heavy atom. The molecular formula is C11H12ClN5. The van der Waals surface area contributed by atoms with Crippen LogP contribution in [-0.4, -0.2) is 9.97 Å². The fourth-order valence-corrected chi connectivity index (χ4v) is 1.54. The molecule has 1 aromatic heterocycles. The highest BCUT2D eigenvalue weighted by molar-refractivity contribution is 6.33. The average molecular weight is 250 g/mol. The van der Waals surface area contributed by atoms with Crippen LogP contribution in [0.1, 0.15) is 5.56 Å². The second-order valence-corrected chi connectivity index (χ2v) is 3.93. The first-order valence-corrected chi connectivity index (χ1v) is 5.39. The Labute approximate surface area is 104 Å². The van der Waals surface area contributed by atoms with Gasteiger partial charge in [0, 0.05) is 6.20 Å².